The highest BCUT2D eigenvalue weighted by Crippen LogP contribution is 2.41. The number of ether oxygens (including phenoxy) is 2. The molecule has 2 aromatic rings. The van der Waals surface area contributed by atoms with Crippen molar-refractivity contribution in [1.82, 2.24) is 0 Å². The average molecular weight is 294 g/mol. The van der Waals surface area contributed by atoms with Crippen LogP contribution in [0.25, 0.3) is 16.8 Å². The zero-order valence-electron chi connectivity index (χ0n) is 12.4. The second-order valence-corrected chi connectivity index (χ2v) is 5.41. The van der Waals surface area contributed by atoms with Crippen molar-refractivity contribution in [3.63, 3.8) is 0 Å². The first-order valence-corrected chi connectivity index (χ1v) is 6.92. The van der Waals surface area contributed by atoms with E-state index in [1.807, 2.05) is 24.3 Å². The van der Waals surface area contributed by atoms with Gasteiger partial charge in [-0.05, 0) is 12.3 Å². The van der Waals surface area contributed by atoms with E-state index in [2.05, 4.69) is 0 Å². The molecule has 2 aromatic carbocycles. The summed E-state index contributed by atoms with van der Waals surface area (Å²) >= 11 is 0. The smallest absolute Gasteiger partial charge is 0.338 e. The van der Waals surface area contributed by atoms with E-state index in [1.165, 1.54) is 7.11 Å². The molecular formula is C17H15BO4. The summed E-state index contributed by atoms with van der Waals surface area (Å²) in [5, 5.41) is 11.3. The summed E-state index contributed by atoms with van der Waals surface area (Å²) in [6.07, 6.45) is 3.42. The van der Waals surface area contributed by atoms with Crippen LogP contribution in [0.2, 0.25) is 0 Å². The van der Waals surface area contributed by atoms with Gasteiger partial charge in [0.25, 0.3) is 0 Å². The number of hydrogen-bond acceptors (Lipinski definition) is 4. The van der Waals surface area contributed by atoms with Crippen LogP contribution in [0.4, 0.5) is 0 Å². The molecule has 110 valence electrons. The molecule has 0 amide bonds. The fraction of sp³-hybridized carbons (Fsp3) is 0.235. The molecule has 1 aliphatic rings. The number of fused-ring (bicyclic) bond motifs is 3. The number of aliphatic hydroxyl groups is 1. The minimum Gasteiger partial charge on any atom is -0.492 e. The maximum absolute atomic E-state index is 12.2. The first-order chi connectivity index (χ1) is 10.5. The Morgan fingerprint density at radius 2 is 2.05 bits per heavy atom. The molecule has 1 atom stereocenters. The predicted molar refractivity (Wildman–Crippen MR) is 85.0 cm³/mol. The molecule has 5 heteroatoms. The fourth-order valence-electron chi connectivity index (χ4n) is 2.77. The van der Waals surface area contributed by atoms with Gasteiger partial charge in [-0.15, -0.1) is 0 Å². The normalized spacial score (nSPS) is 19.6. The van der Waals surface area contributed by atoms with Crippen molar-refractivity contribution < 1.29 is 19.4 Å². The summed E-state index contributed by atoms with van der Waals surface area (Å²) in [5.41, 5.74) is 0.460. The van der Waals surface area contributed by atoms with Crippen LogP contribution in [0.1, 0.15) is 28.4 Å². The summed E-state index contributed by atoms with van der Waals surface area (Å²) in [6, 6.07) is 7.43. The van der Waals surface area contributed by atoms with Gasteiger partial charge < -0.3 is 14.6 Å². The Hall–Kier alpha value is -2.27. The number of methoxy groups -OCH3 is 1. The van der Waals surface area contributed by atoms with Crippen LogP contribution in [0.5, 0.6) is 5.75 Å². The third kappa shape index (κ3) is 2.18. The zero-order chi connectivity index (χ0) is 15.9. The number of aliphatic hydroxyl groups excluding tert-OH is 1. The van der Waals surface area contributed by atoms with E-state index < -0.39 is 11.5 Å². The molecule has 4 nitrogen and oxygen atoms in total. The third-order valence-electron chi connectivity index (χ3n) is 3.76. The van der Waals surface area contributed by atoms with Crippen molar-refractivity contribution in [2.75, 3.05) is 7.11 Å². The summed E-state index contributed by atoms with van der Waals surface area (Å²) in [7, 11) is 7.35. The van der Waals surface area contributed by atoms with Gasteiger partial charge in [0, 0.05) is 16.5 Å². The van der Waals surface area contributed by atoms with E-state index in [4.69, 9.17) is 17.3 Å². The molecule has 0 saturated carbocycles. The molecule has 0 aliphatic carbocycles. The largest absolute Gasteiger partial charge is 0.492 e. The van der Waals surface area contributed by atoms with Crippen LogP contribution in [-0.4, -0.2) is 31.5 Å². The van der Waals surface area contributed by atoms with Gasteiger partial charge in [0.1, 0.15) is 13.6 Å². The Morgan fingerprint density at radius 1 is 1.36 bits per heavy atom. The molecule has 0 spiro atoms. The van der Waals surface area contributed by atoms with Crippen molar-refractivity contribution in [3.05, 3.63) is 47.0 Å². The van der Waals surface area contributed by atoms with Gasteiger partial charge in [0.15, 0.2) is 0 Å². The Bertz CT molecular complexity index is 793. The van der Waals surface area contributed by atoms with Crippen LogP contribution in [-0.2, 0) is 11.3 Å². The standard InChI is InChI=1S/C17H15BO4/c1-17(18)8-7-12-14(16(20)21-2)13(9-19)10-5-3-4-6-11(10)15(12)22-17/h3-8,19H,9H2,1-2H3. The molecular weight excluding hydrogens is 279 g/mol. The quantitative estimate of drug-likeness (QED) is 0.682. The Morgan fingerprint density at radius 3 is 2.68 bits per heavy atom. The van der Waals surface area contributed by atoms with E-state index in [0.717, 1.165) is 10.8 Å². The van der Waals surface area contributed by atoms with Crippen LogP contribution >= 0.6 is 0 Å². The highest BCUT2D eigenvalue weighted by atomic mass is 16.5. The molecule has 2 radical (unpaired) electrons. The van der Waals surface area contributed by atoms with Crippen LogP contribution in [0.3, 0.4) is 0 Å². The second kappa shape index (κ2) is 5.18. The van der Waals surface area contributed by atoms with Crippen molar-refractivity contribution in [3.8, 4) is 5.75 Å². The van der Waals surface area contributed by atoms with Crippen molar-refractivity contribution in [1.29, 1.82) is 0 Å². The molecule has 1 N–H and O–H groups in total. The average Bonchev–Trinajstić information content (AvgIpc) is 2.52. The first-order valence-electron chi connectivity index (χ1n) is 6.92. The SMILES string of the molecule is [B]C1(C)C=Cc2c(C(=O)OC)c(CO)c3ccccc3c2O1. The van der Waals surface area contributed by atoms with Gasteiger partial charge in [-0.2, -0.15) is 0 Å². The summed E-state index contributed by atoms with van der Waals surface area (Å²) in [5.74, 6) is 0.0145. The number of carbonyl (C=O) groups excluding carboxylic acids is 1. The third-order valence-corrected chi connectivity index (χ3v) is 3.76. The molecule has 1 heterocycles. The topological polar surface area (TPSA) is 55.8 Å². The fourth-order valence-corrected chi connectivity index (χ4v) is 2.77. The summed E-state index contributed by atoms with van der Waals surface area (Å²) < 4.78 is 10.7. The van der Waals surface area contributed by atoms with Crippen LogP contribution < -0.4 is 4.74 Å². The van der Waals surface area contributed by atoms with Gasteiger partial charge >= 0.3 is 5.97 Å². The first kappa shape index (κ1) is 14.7. The Labute approximate surface area is 129 Å². The minimum atomic E-state index is -0.954. The Balaban J connectivity index is 2.45. The van der Waals surface area contributed by atoms with Gasteiger partial charge in [0.2, 0.25) is 0 Å². The lowest BCUT2D eigenvalue weighted by Crippen LogP contribution is -2.32. The number of benzene rings is 2. The molecule has 1 unspecified atom stereocenters. The molecule has 3 rings (SSSR count). The minimum absolute atomic E-state index is 0.272. The van der Waals surface area contributed by atoms with Gasteiger partial charge in [-0.25, -0.2) is 4.79 Å². The van der Waals surface area contributed by atoms with Crippen molar-refractivity contribution in [2.45, 2.75) is 19.0 Å². The number of carbonyl (C=O) groups is 1. The number of esters is 1. The lowest BCUT2D eigenvalue weighted by Gasteiger charge is -2.31. The highest BCUT2D eigenvalue weighted by molar-refractivity contribution is 6.17. The Kier molecular flexibility index (Phi) is 3.45. The van der Waals surface area contributed by atoms with E-state index in [1.54, 1.807) is 19.1 Å². The van der Waals surface area contributed by atoms with E-state index in [0.29, 0.717) is 22.4 Å². The summed E-state index contributed by atoms with van der Waals surface area (Å²) in [6.45, 7) is 1.46. The van der Waals surface area contributed by atoms with Crippen LogP contribution in [0.15, 0.2) is 30.3 Å². The molecule has 0 saturated heterocycles. The zero-order valence-corrected chi connectivity index (χ0v) is 12.4. The molecule has 22 heavy (non-hydrogen) atoms. The maximum Gasteiger partial charge on any atom is 0.338 e. The van der Waals surface area contributed by atoms with E-state index >= 15 is 0 Å². The van der Waals surface area contributed by atoms with Crippen LogP contribution in [0, 0.1) is 0 Å². The monoisotopic (exact) mass is 294 g/mol. The second-order valence-electron chi connectivity index (χ2n) is 5.41. The van der Waals surface area contributed by atoms with Crippen molar-refractivity contribution in [2.24, 2.45) is 0 Å². The number of hydrogen-bond donors (Lipinski definition) is 1. The predicted octanol–water partition coefficient (Wildman–Crippen LogP) is 2.41. The van der Waals surface area contributed by atoms with Gasteiger partial charge in [0.05, 0.1) is 24.8 Å². The highest BCUT2D eigenvalue weighted by Gasteiger charge is 2.29. The van der Waals surface area contributed by atoms with E-state index in [9.17, 15) is 9.90 Å². The number of rotatable bonds is 2. The van der Waals surface area contributed by atoms with E-state index in [-0.39, 0.29) is 6.61 Å². The maximum atomic E-state index is 12.2. The molecule has 0 aromatic heterocycles. The summed E-state index contributed by atoms with van der Waals surface area (Å²) in [4.78, 5) is 12.2. The molecule has 0 bridgehead atoms. The lowest BCUT2D eigenvalue weighted by molar-refractivity contribution is 0.0596. The van der Waals surface area contributed by atoms with Crippen molar-refractivity contribution >= 4 is 30.7 Å². The van der Waals surface area contributed by atoms with Gasteiger partial charge in [-0.1, -0.05) is 36.4 Å². The van der Waals surface area contributed by atoms with Gasteiger partial charge in [-0.3, -0.25) is 0 Å². The molecule has 0 fully saturated rings. The molecule has 1 aliphatic heterocycles. The lowest BCUT2D eigenvalue weighted by atomic mass is 9.80.